The molecule has 0 amide bonds. The van der Waals surface area contributed by atoms with Gasteiger partial charge in [-0.05, 0) is 45.4 Å². The summed E-state index contributed by atoms with van der Waals surface area (Å²) in [7, 11) is 0. The zero-order valence-electron chi connectivity index (χ0n) is 15.9. The highest BCUT2D eigenvalue weighted by molar-refractivity contribution is 5.80. The van der Waals surface area contributed by atoms with Crippen molar-refractivity contribution < 1.29 is 4.74 Å². The molecule has 1 aliphatic carbocycles. The molecule has 0 spiro atoms. The van der Waals surface area contributed by atoms with E-state index >= 15 is 0 Å². The Morgan fingerprint density at radius 2 is 2.04 bits per heavy atom. The topological polar surface area (TPSA) is 48.9 Å². The summed E-state index contributed by atoms with van der Waals surface area (Å²) >= 11 is 0. The number of nitrogens with one attached hydrogen (secondary N) is 2. The average Bonchev–Trinajstić information content (AvgIpc) is 3.18. The summed E-state index contributed by atoms with van der Waals surface area (Å²) in [6, 6.07) is 1.44. The Bertz CT molecular complexity index is 449. The van der Waals surface area contributed by atoms with Gasteiger partial charge in [0.15, 0.2) is 5.96 Å². The lowest BCUT2D eigenvalue weighted by Crippen LogP contribution is -2.50. The minimum Gasteiger partial charge on any atom is -0.377 e. The molecule has 0 aromatic rings. The molecule has 1 saturated heterocycles. The van der Waals surface area contributed by atoms with Crippen molar-refractivity contribution in [2.45, 2.75) is 70.4 Å². The van der Waals surface area contributed by atoms with Crippen LogP contribution in [-0.4, -0.2) is 62.3 Å². The summed E-state index contributed by atoms with van der Waals surface area (Å²) in [6.07, 6.45) is 12.5. The van der Waals surface area contributed by atoms with Crippen molar-refractivity contribution in [1.29, 1.82) is 0 Å². The summed E-state index contributed by atoms with van der Waals surface area (Å²) in [4.78, 5) is 7.53. The van der Waals surface area contributed by atoms with Crippen molar-refractivity contribution in [3.8, 4) is 0 Å². The zero-order valence-corrected chi connectivity index (χ0v) is 15.9. The van der Waals surface area contributed by atoms with Gasteiger partial charge < -0.3 is 20.3 Å². The zero-order chi connectivity index (χ0) is 17.3. The maximum absolute atomic E-state index is 5.37. The summed E-state index contributed by atoms with van der Waals surface area (Å²) in [5, 5.41) is 7.09. The van der Waals surface area contributed by atoms with Gasteiger partial charge in [0.25, 0.3) is 0 Å². The molecular weight excluding hydrogens is 312 g/mol. The van der Waals surface area contributed by atoms with Crippen LogP contribution in [-0.2, 0) is 4.74 Å². The van der Waals surface area contributed by atoms with Gasteiger partial charge in [-0.1, -0.05) is 24.5 Å². The Kier molecular flexibility index (Phi) is 7.61. The fourth-order valence-electron chi connectivity index (χ4n) is 4.30. The molecule has 0 aromatic heterocycles. The number of ether oxygens (including phenoxy) is 1. The number of likely N-dealkylation sites (tertiary alicyclic amines) is 1. The molecule has 2 aliphatic heterocycles. The van der Waals surface area contributed by atoms with Gasteiger partial charge in [0.05, 0.1) is 13.2 Å². The van der Waals surface area contributed by atoms with Gasteiger partial charge in [-0.15, -0.1) is 0 Å². The van der Waals surface area contributed by atoms with Crippen LogP contribution in [0.4, 0.5) is 0 Å². The van der Waals surface area contributed by atoms with E-state index in [4.69, 9.17) is 9.73 Å². The van der Waals surface area contributed by atoms with Gasteiger partial charge in [-0.25, -0.2) is 0 Å². The second kappa shape index (κ2) is 10.2. The number of hydrogen-bond acceptors (Lipinski definition) is 3. The first kappa shape index (κ1) is 18.7. The third-order valence-electron chi connectivity index (χ3n) is 5.82. The molecule has 5 heteroatoms. The standard InChI is InChI=1S/C20H36N4O/c1-2-21-20(22-12-7-17-10-15-25-16-11-17)23-18-8-13-24(14-9-18)19-5-3-4-6-19/h10,18-19H,2-9,11-16H2,1H3,(H2,21,22,23). The highest BCUT2D eigenvalue weighted by Gasteiger charge is 2.27. The maximum atomic E-state index is 5.37. The van der Waals surface area contributed by atoms with Crippen LogP contribution < -0.4 is 10.6 Å². The molecular formula is C20H36N4O. The van der Waals surface area contributed by atoms with Crippen LogP contribution in [0.3, 0.4) is 0 Å². The van der Waals surface area contributed by atoms with Gasteiger partial charge in [0.1, 0.15) is 0 Å². The number of nitrogens with zero attached hydrogens (tertiary/aromatic N) is 2. The van der Waals surface area contributed by atoms with Crippen LogP contribution in [0, 0.1) is 0 Å². The van der Waals surface area contributed by atoms with E-state index in [0.29, 0.717) is 6.04 Å². The Balaban J connectivity index is 1.41. The molecule has 0 aromatic carbocycles. The quantitative estimate of drug-likeness (QED) is 0.440. The lowest BCUT2D eigenvalue weighted by Gasteiger charge is -2.36. The van der Waals surface area contributed by atoms with Crippen LogP contribution in [0.2, 0.25) is 0 Å². The number of piperidine rings is 1. The third-order valence-corrected chi connectivity index (χ3v) is 5.82. The van der Waals surface area contributed by atoms with E-state index in [1.165, 1.54) is 57.2 Å². The molecule has 3 rings (SSSR count). The predicted molar refractivity (Wildman–Crippen MR) is 104 cm³/mol. The molecule has 0 bridgehead atoms. The lowest BCUT2D eigenvalue weighted by atomic mass is 10.0. The van der Waals surface area contributed by atoms with Crippen molar-refractivity contribution >= 4 is 5.96 Å². The van der Waals surface area contributed by atoms with Gasteiger partial charge in [-0.2, -0.15) is 0 Å². The van der Waals surface area contributed by atoms with Crippen molar-refractivity contribution in [2.24, 2.45) is 4.99 Å². The summed E-state index contributed by atoms with van der Waals surface area (Å²) in [5.74, 6) is 0.995. The van der Waals surface area contributed by atoms with E-state index in [2.05, 4.69) is 28.5 Å². The average molecular weight is 349 g/mol. The van der Waals surface area contributed by atoms with Crippen LogP contribution in [0.15, 0.2) is 16.6 Å². The second-order valence-corrected chi connectivity index (χ2v) is 7.59. The normalized spacial score (nSPS) is 24.4. The van der Waals surface area contributed by atoms with Crippen LogP contribution in [0.25, 0.3) is 0 Å². The molecule has 0 atom stereocenters. The highest BCUT2D eigenvalue weighted by atomic mass is 16.5. The molecule has 0 radical (unpaired) electrons. The van der Waals surface area contributed by atoms with Crippen LogP contribution in [0.5, 0.6) is 0 Å². The number of hydrogen-bond donors (Lipinski definition) is 2. The highest BCUT2D eigenvalue weighted by Crippen LogP contribution is 2.26. The third kappa shape index (κ3) is 6.00. The monoisotopic (exact) mass is 348 g/mol. The minimum atomic E-state index is 0.567. The van der Waals surface area contributed by atoms with Crippen molar-refractivity contribution in [1.82, 2.24) is 15.5 Å². The fraction of sp³-hybridized carbons (Fsp3) is 0.850. The number of guanidine groups is 1. The first-order valence-corrected chi connectivity index (χ1v) is 10.4. The molecule has 2 fully saturated rings. The maximum Gasteiger partial charge on any atom is 0.191 e. The van der Waals surface area contributed by atoms with E-state index in [0.717, 1.165) is 51.1 Å². The largest absolute Gasteiger partial charge is 0.377 e. The van der Waals surface area contributed by atoms with Crippen molar-refractivity contribution in [3.63, 3.8) is 0 Å². The first-order valence-electron chi connectivity index (χ1n) is 10.4. The SMILES string of the molecule is CCNC(=NCCC1=CCOCC1)NC1CCN(C2CCCC2)CC1. The van der Waals surface area contributed by atoms with E-state index in [1.807, 2.05) is 0 Å². The molecule has 25 heavy (non-hydrogen) atoms. The Morgan fingerprint density at radius 1 is 1.24 bits per heavy atom. The van der Waals surface area contributed by atoms with Gasteiger partial charge >= 0.3 is 0 Å². The smallest absolute Gasteiger partial charge is 0.191 e. The summed E-state index contributed by atoms with van der Waals surface area (Å²) < 4.78 is 5.37. The molecule has 2 N–H and O–H groups in total. The Morgan fingerprint density at radius 3 is 2.72 bits per heavy atom. The molecule has 142 valence electrons. The van der Waals surface area contributed by atoms with Gasteiger partial charge in [-0.3, -0.25) is 4.99 Å². The molecule has 1 saturated carbocycles. The predicted octanol–water partition coefficient (Wildman–Crippen LogP) is 2.69. The fourth-order valence-corrected chi connectivity index (χ4v) is 4.30. The lowest BCUT2D eigenvalue weighted by molar-refractivity contribution is 0.150. The van der Waals surface area contributed by atoms with Crippen LogP contribution in [0.1, 0.15) is 58.3 Å². The van der Waals surface area contributed by atoms with Crippen LogP contribution >= 0.6 is 0 Å². The van der Waals surface area contributed by atoms with Gasteiger partial charge in [0, 0.05) is 38.3 Å². The number of rotatable bonds is 6. The first-order chi connectivity index (χ1) is 12.3. The Hall–Kier alpha value is -1.07. The van der Waals surface area contributed by atoms with E-state index in [1.54, 1.807) is 0 Å². The molecule has 2 heterocycles. The molecule has 3 aliphatic rings. The van der Waals surface area contributed by atoms with E-state index in [-0.39, 0.29) is 0 Å². The van der Waals surface area contributed by atoms with E-state index < -0.39 is 0 Å². The summed E-state index contributed by atoms with van der Waals surface area (Å²) in [5.41, 5.74) is 1.50. The number of aliphatic imine (C=N–C) groups is 1. The van der Waals surface area contributed by atoms with Crippen molar-refractivity contribution in [2.75, 3.05) is 39.4 Å². The molecule has 0 unspecified atom stereocenters. The minimum absolute atomic E-state index is 0.567. The second-order valence-electron chi connectivity index (χ2n) is 7.59. The van der Waals surface area contributed by atoms with Gasteiger partial charge in [0.2, 0.25) is 0 Å². The molecule has 5 nitrogen and oxygen atoms in total. The summed E-state index contributed by atoms with van der Waals surface area (Å²) in [6.45, 7) is 8.06. The van der Waals surface area contributed by atoms with Crippen molar-refractivity contribution in [3.05, 3.63) is 11.6 Å². The Labute approximate surface area is 153 Å². The van der Waals surface area contributed by atoms with E-state index in [9.17, 15) is 0 Å².